The minimum atomic E-state index is -0.838. The van der Waals surface area contributed by atoms with Crippen molar-refractivity contribution in [3.63, 3.8) is 0 Å². The summed E-state index contributed by atoms with van der Waals surface area (Å²) in [7, 11) is 1.52. The van der Waals surface area contributed by atoms with E-state index < -0.39 is 11.9 Å². The maximum atomic E-state index is 12.1. The van der Waals surface area contributed by atoms with Gasteiger partial charge in [-0.3, -0.25) is 9.59 Å². The number of rotatable bonds is 5. The molecule has 108 valence electrons. The quantitative estimate of drug-likeness (QED) is 0.726. The number of carboxylic acids is 1. The van der Waals surface area contributed by atoms with Gasteiger partial charge in [0, 0.05) is 32.6 Å². The van der Waals surface area contributed by atoms with Crippen LogP contribution < -0.4 is 5.32 Å². The first-order valence-electron chi connectivity index (χ1n) is 6.37. The number of nitrogens with one attached hydrogen (secondary N) is 1. The summed E-state index contributed by atoms with van der Waals surface area (Å²) >= 11 is 0. The summed E-state index contributed by atoms with van der Waals surface area (Å²) in [5.74, 6) is -1.50. The third-order valence-electron chi connectivity index (χ3n) is 3.54. The van der Waals surface area contributed by atoms with Gasteiger partial charge < -0.3 is 20.2 Å². The molecule has 0 aromatic rings. The largest absolute Gasteiger partial charge is 0.481 e. The molecule has 1 fully saturated rings. The van der Waals surface area contributed by atoms with Gasteiger partial charge in [-0.05, 0) is 6.92 Å². The summed E-state index contributed by atoms with van der Waals surface area (Å²) in [6.07, 6.45) is 0. The number of carboxylic acid groups (broad SMARTS) is 1. The van der Waals surface area contributed by atoms with E-state index in [0.29, 0.717) is 19.6 Å². The Balaban J connectivity index is 2.47. The first-order chi connectivity index (χ1) is 8.90. The second-order valence-electron chi connectivity index (χ2n) is 4.76. The standard InChI is InChI=1S/C12H21N3O4/c1-4-14(7-10(16)13-3)12(19)15-5-9(6-15)8(2)11(17)18/h8-9H,4-7H2,1-3H3,(H,13,16)(H,17,18). The molecular weight excluding hydrogens is 250 g/mol. The number of carbonyl (C=O) groups excluding carboxylic acids is 2. The number of carbonyl (C=O) groups is 3. The number of amides is 3. The van der Waals surface area contributed by atoms with Crippen LogP contribution in [0.1, 0.15) is 13.8 Å². The zero-order valence-electron chi connectivity index (χ0n) is 11.5. The third kappa shape index (κ3) is 3.59. The second-order valence-corrected chi connectivity index (χ2v) is 4.76. The summed E-state index contributed by atoms with van der Waals surface area (Å²) in [5, 5.41) is 11.4. The van der Waals surface area contributed by atoms with Gasteiger partial charge in [-0.15, -0.1) is 0 Å². The van der Waals surface area contributed by atoms with Gasteiger partial charge in [0.25, 0.3) is 0 Å². The zero-order valence-corrected chi connectivity index (χ0v) is 11.5. The van der Waals surface area contributed by atoms with E-state index in [-0.39, 0.29) is 24.4 Å². The van der Waals surface area contributed by atoms with Crippen molar-refractivity contribution in [1.29, 1.82) is 0 Å². The molecule has 0 radical (unpaired) electrons. The molecule has 3 amide bonds. The van der Waals surface area contributed by atoms with Crippen molar-refractivity contribution in [2.75, 3.05) is 33.2 Å². The Hall–Kier alpha value is -1.79. The maximum Gasteiger partial charge on any atom is 0.320 e. The van der Waals surface area contributed by atoms with Crippen molar-refractivity contribution in [2.45, 2.75) is 13.8 Å². The molecule has 1 aliphatic heterocycles. The van der Waals surface area contributed by atoms with E-state index in [1.807, 2.05) is 0 Å². The summed E-state index contributed by atoms with van der Waals surface area (Å²) in [6.45, 7) is 4.81. The molecule has 1 aliphatic rings. The molecule has 1 saturated heterocycles. The fourth-order valence-electron chi connectivity index (χ4n) is 1.95. The molecule has 19 heavy (non-hydrogen) atoms. The highest BCUT2D eigenvalue weighted by molar-refractivity contribution is 5.84. The molecular formula is C12H21N3O4. The Morgan fingerprint density at radius 3 is 2.42 bits per heavy atom. The summed E-state index contributed by atoms with van der Waals surface area (Å²) in [4.78, 5) is 37.2. The van der Waals surface area contributed by atoms with E-state index in [1.165, 1.54) is 11.9 Å². The molecule has 0 bridgehead atoms. The van der Waals surface area contributed by atoms with Crippen LogP contribution in [-0.4, -0.2) is 66.0 Å². The Labute approximate surface area is 112 Å². The van der Waals surface area contributed by atoms with E-state index in [4.69, 9.17) is 5.11 Å². The minimum Gasteiger partial charge on any atom is -0.481 e. The topological polar surface area (TPSA) is 90.0 Å². The fourth-order valence-corrected chi connectivity index (χ4v) is 1.95. The number of nitrogens with zero attached hydrogens (tertiary/aromatic N) is 2. The number of likely N-dealkylation sites (N-methyl/N-ethyl adjacent to an activating group) is 2. The molecule has 0 aromatic carbocycles. The van der Waals surface area contributed by atoms with Crippen LogP contribution in [0.3, 0.4) is 0 Å². The van der Waals surface area contributed by atoms with Crippen LogP contribution in [0.25, 0.3) is 0 Å². The molecule has 1 rings (SSSR count). The van der Waals surface area contributed by atoms with Gasteiger partial charge in [0.2, 0.25) is 5.91 Å². The van der Waals surface area contributed by atoms with Gasteiger partial charge in [-0.25, -0.2) is 4.79 Å². The summed E-state index contributed by atoms with van der Waals surface area (Å²) < 4.78 is 0. The van der Waals surface area contributed by atoms with Crippen molar-refractivity contribution in [3.05, 3.63) is 0 Å². The van der Waals surface area contributed by atoms with Crippen LogP contribution in [0.2, 0.25) is 0 Å². The normalized spacial score (nSPS) is 16.5. The molecule has 1 heterocycles. The molecule has 0 aromatic heterocycles. The highest BCUT2D eigenvalue weighted by atomic mass is 16.4. The van der Waals surface area contributed by atoms with Gasteiger partial charge in [-0.1, -0.05) is 6.92 Å². The van der Waals surface area contributed by atoms with Crippen molar-refractivity contribution in [2.24, 2.45) is 11.8 Å². The van der Waals surface area contributed by atoms with E-state index in [1.54, 1.807) is 18.7 Å². The van der Waals surface area contributed by atoms with Crippen LogP contribution in [0.4, 0.5) is 4.79 Å². The highest BCUT2D eigenvalue weighted by Crippen LogP contribution is 2.25. The third-order valence-corrected chi connectivity index (χ3v) is 3.54. The lowest BCUT2D eigenvalue weighted by atomic mass is 9.87. The number of hydrogen-bond donors (Lipinski definition) is 2. The van der Waals surface area contributed by atoms with E-state index in [0.717, 1.165) is 0 Å². The van der Waals surface area contributed by atoms with Crippen molar-refractivity contribution < 1.29 is 19.5 Å². The van der Waals surface area contributed by atoms with Gasteiger partial charge in [-0.2, -0.15) is 0 Å². The Kier molecular flexibility index (Phi) is 5.14. The minimum absolute atomic E-state index is 0.000146. The van der Waals surface area contributed by atoms with Crippen LogP contribution in [0, 0.1) is 11.8 Å². The van der Waals surface area contributed by atoms with Gasteiger partial charge >= 0.3 is 12.0 Å². The van der Waals surface area contributed by atoms with Gasteiger partial charge in [0.15, 0.2) is 0 Å². The van der Waals surface area contributed by atoms with Crippen LogP contribution >= 0.6 is 0 Å². The first kappa shape index (κ1) is 15.3. The molecule has 1 atom stereocenters. The molecule has 7 nitrogen and oxygen atoms in total. The summed E-state index contributed by atoms with van der Waals surface area (Å²) in [5.41, 5.74) is 0. The molecule has 7 heteroatoms. The lowest BCUT2D eigenvalue weighted by Crippen LogP contribution is -2.58. The Morgan fingerprint density at radius 2 is 2.00 bits per heavy atom. The van der Waals surface area contributed by atoms with Crippen LogP contribution in [0.5, 0.6) is 0 Å². The van der Waals surface area contributed by atoms with Crippen LogP contribution in [-0.2, 0) is 9.59 Å². The number of urea groups is 1. The SMILES string of the molecule is CCN(CC(=O)NC)C(=O)N1CC(C(C)C(=O)O)C1. The smallest absolute Gasteiger partial charge is 0.320 e. The predicted octanol–water partition coefficient (Wildman–Crippen LogP) is -0.173. The number of likely N-dealkylation sites (tertiary alicyclic amines) is 1. The van der Waals surface area contributed by atoms with Gasteiger partial charge in [0.1, 0.15) is 6.54 Å². The lowest BCUT2D eigenvalue weighted by Gasteiger charge is -2.43. The summed E-state index contributed by atoms with van der Waals surface area (Å²) in [6, 6.07) is -0.208. The van der Waals surface area contributed by atoms with Gasteiger partial charge in [0.05, 0.1) is 5.92 Å². The number of aliphatic carboxylic acids is 1. The molecule has 0 spiro atoms. The predicted molar refractivity (Wildman–Crippen MR) is 68.6 cm³/mol. The van der Waals surface area contributed by atoms with Crippen LogP contribution in [0.15, 0.2) is 0 Å². The maximum absolute atomic E-state index is 12.1. The van der Waals surface area contributed by atoms with E-state index in [2.05, 4.69) is 5.32 Å². The van der Waals surface area contributed by atoms with E-state index in [9.17, 15) is 14.4 Å². The molecule has 2 N–H and O–H groups in total. The monoisotopic (exact) mass is 271 g/mol. The first-order valence-corrected chi connectivity index (χ1v) is 6.37. The zero-order chi connectivity index (χ0) is 14.6. The lowest BCUT2D eigenvalue weighted by molar-refractivity contribution is -0.144. The fraction of sp³-hybridized carbons (Fsp3) is 0.750. The molecule has 0 aliphatic carbocycles. The molecule has 1 unspecified atom stereocenters. The second kappa shape index (κ2) is 6.40. The Bertz CT molecular complexity index is 366. The average Bonchev–Trinajstić information content (AvgIpc) is 2.33. The Morgan fingerprint density at radius 1 is 1.42 bits per heavy atom. The molecule has 0 saturated carbocycles. The van der Waals surface area contributed by atoms with Crippen molar-refractivity contribution >= 4 is 17.9 Å². The van der Waals surface area contributed by atoms with E-state index >= 15 is 0 Å². The highest BCUT2D eigenvalue weighted by Gasteiger charge is 2.38. The van der Waals surface area contributed by atoms with Crippen molar-refractivity contribution in [1.82, 2.24) is 15.1 Å². The average molecular weight is 271 g/mol. The van der Waals surface area contributed by atoms with Crippen molar-refractivity contribution in [3.8, 4) is 0 Å². The number of hydrogen-bond acceptors (Lipinski definition) is 3.